The first-order valence-corrected chi connectivity index (χ1v) is 10.3. The van der Waals surface area contributed by atoms with Gasteiger partial charge in [0, 0.05) is 19.3 Å². The lowest BCUT2D eigenvalue weighted by Gasteiger charge is -2.33. The number of pyridine rings is 1. The first-order valence-electron chi connectivity index (χ1n) is 10.3. The fraction of sp³-hybridized carbons (Fsp3) is 0.478. The highest BCUT2D eigenvalue weighted by Gasteiger charge is 2.43. The molecule has 1 aromatic heterocycles. The maximum atomic E-state index is 13.5. The monoisotopic (exact) mass is 378 g/mol. The number of benzene rings is 1. The van der Waals surface area contributed by atoms with Crippen LogP contribution in [0.4, 0.5) is 0 Å². The van der Waals surface area contributed by atoms with Crippen molar-refractivity contribution in [3.8, 4) is 0 Å². The summed E-state index contributed by atoms with van der Waals surface area (Å²) in [6.45, 7) is 6.29. The van der Waals surface area contributed by atoms with Crippen LogP contribution in [0.25, 0.3) is 0 Å². The lowest BCUT2D eigenvalue weighted by atomic mass is 9.77. The number of hydrogen-bond donors (Lipinski definition) is 2. The molecule has 0 radical (unpaired) electrons. The normalized spacial score (nSPS) is 21.0. The summed E-state index contributed by atoms with van der Waals surface area (Å²) in [5, 5.41) is 6.99. The van der Waals surface area contributed by atoms with Gasteiger partial charge < -0.3 is 15.5 Å². The molecule has 0 unspecified atom stereocenters. The predicted molar refractivity (Wildman–Crippen MR) is 111 cm³/mol. The van der Waals surface area contributed by atoms with Gasteiger partial charge in [0.25, 0.3) is 0 Å². The Morgan fingerprint density at radius 1 is 1.14 bits per heavy atom. The summed E-state index contributed by atoms with van der Waals surface area (Å²) in [6.07, 6.45) is 5.06. The minimum absolute atomic E-state index is 0.0918. The van der Waals surface area contributed by atoms with Crippen LogP contribution in [0.15, 0.2) is 48.7 Å². The zero-order valence-corrected chi connectivity index (χ0v) is 16.7. The Morgan fingerprint density at radius 2 is 1.93 bits per heavy atom. The molecule has 0 aliphatic carbocycles. The summed E-state index contributed by atoms with van der Waals surface area (Å²) in [5.41, 5.74) is 3.54. The highest BCUT2D eigenvalue weighted by Crippen LogP contribution is 2.38. The first kappa shape index (κ1) is 19.1. The topological polar surface area (TPSA) is 57.3 Å². The fourth-order valence-electron chi connectivity index (χ4n) is 4.53. The van der Waals surface area contributed by atoms with Gasteiger partial charge in [-0.25, -0.2) is 0 Å². The molecule has 2 saturated heterocycles. The van der Waals surface area contributed by atoms with Gasteiger partial charge in [0.15, 0.2) is 0 Å². The molecule has 148 valence electrons. The summed E-state index contributed by atoms with van der Waals surface area (Å²) in [7, 11) is 0. The zero-order chi connectivity index (χ0) is 19.4. The zero-order valence-electron chi connectivity index (χ0n) is 16.7. The van der Waals surface area contributed by atoms with Gasteiger partial charge >= 0.3 is 0 Å². The highest BCUT2D eigenvalue weighted by atomic mass is 16.2. The Morgan fingerprint density at radius 3 is 2.68 bits per heavy atom. The second kappa shape index (κ2) is 8.41. The Balaban J connectivity index is 1.52. The third-order valence-corrected chi connectivity index (χ3v) is 6.31. The van der Waals surface area contributed by atoms with Gasteiger partial charge in [0.1, 0.15) is 0 Å². The number of aryl methyl sites for hydroxylation is 1. The second-order valence-electron chi connectivity index (χ2n) is 8.33. The van der Waals surface area contributed by atoms with Crippen LogP contribution in [-0.4, -0.2) is 41.5 Å². The molecule has 2 aliphatic heterocycles. The molecule has 2 fully saturated rings. The molecule has 5 nitrogen and oxygen atoms in total. The second-order valence-corrected chi connectivity index (χ2v) is 8.33. The van der Waals surface area contributed by atoms with Crippen LogP contribution in [0.5, 0.6) is 0 Å². The highest BCUT2D eigenvalue weighted by molar-refractivity contribution is 5.82. The number of amides is 1. The van der Waals surface area contributed by atoms with E-state index in [-0.39, 0.29) is 17.4 Å². The molecular formula is C23H30N4O. The minimum atomic E-state index is -0.0918. The van der Waals surface area contributed by atoms with E-state index in [4.69, 9.17) is 0 Å². The van der Waals surface area contributed by atoms with Crippen molar-refractivity contribution < 1.29 is 4.79 Å². The van der Waals surface area contributed by atoms with Crippen molar-refractivity contribution in [1.82, 2.24) is 20.5 Å². The van der Waals surface area contributed by atoms with Crippen LogP contribution >= 0.6 is 0 Å². The van der Waals surface area contributed by atoms with E-state index in [0.717, 1.165) is 55.7 Å². The van der Waals surface area contributed by atoms with E-state index < -0.39 is 0 Å². The van der Waals surface area contributed by atoms with Crippen molar-refractivity contribution in [2.24, 2.45) is 5.41 Å². The standard InChI is InChI=1S/C23H30N4O/c1-18-6-5-11-25-21(18)16-27(15-19-7-3-2-4-8-19)22(28)20-14-23(17-26-20)9-12-24-13-10-23/h2-8,11,20,24,26H,9-10,12-17H2,1H3/t20-/m0/s1. The number of aromatic nitrogens is 1. The number of hydrogen-bond acceptors (Lipinski definition) is 4. The summed E-state index contributed by atoms with van der Waals surface area (Å²) >= 11 is 0. The fourth-order valence-corrected chi connectivity index (χ4v) is 4.53. The van der Waals surface area contributed by atoms with Crippen molar-refractivity contribution in [3.63, 3.8) is 0 Å². The van der Waals surface area contributed by atoms with Crippen molar-refractivity contribution in [2.45, 2.75) is 45.3 Å². The van der Waals surface area contributed by atoms with Crippen LogP contribution in [0.1, 0.15) is 36.1 Å². The molecule has 3 heterocycles. The van der Waals surface area contributed by atoms with E-state index in [9.17, 15) is 4.79 Å². The SMILES string of the molecule is Cc1cccnc1CN(Cc1ccccc1)C(=O)[C@@H]1CC2(CCNCC2)CN1. The van der Waals surface area contributed by atoms with E-state index in [1.807, 2.05) is 35.4 Å². The number of rotatable bonds is 5. The quantitative estimate of drug-likeness (QED) is 0.840. The lowest BCUT2D eigenvalue weighted by molar-refractivity contribution is -0.134. The molecule has 1 aromatic carbocycles. The summed E-state index contributed by atoms with van der Waals surface area (Å²) in [6, 6.07) is 14.2. The molecule has 0 bridgehead atoms. The summed E-state index contributed by atoms with van der Waals surface area (Å²) < 4.78 is 0. The number of nitrogens with zero attached hydrogens (tertiary/aromatic N) is 2. The van der Waals surface area contributed by atoms with E-state index in [1.165, 1.54) is 0 Å². The molecule has 28 heavy (non-hydrogen) atoms. The number of carbonyl (C=O) groups excluding carboxylic acids is 1. The maximum absolute atomic E-state index is 13.5. The molecule has 5 heteroatoms. The molecule has 1 amide bonds. The molecule has 2 N–H and O–H groups in total. The number of nitrogens with one attached hydrogen (secondary N) is 2. The van der Waals surface area contributed by atoms with E-state index >= 15 is 0 Å². The Kier molecular flexibility index (Phi) is 5.74. The average molecular weight is 379 g/mol. The molecule has 0 saturated carbocycles. The van der Waals surface area contributed by atoms with E-state index in [2.05, 4.69) is 40.7 Å². The molecule has 1 spiro atoms. The largest absolute Gasteiger partial charge is 0.331 e. The Hall–Kier alpha value is -2.24. The van der Waals surface area contributed by atoms with Crippen molar-refractivity contribution in [2.75, 3.05) is 19.6 Å². The maximum Gasteiger partial charge on any atom is 0.240 e. The van der Waals surface area contributed by atoms with Crippen LogP contribution in [0.3, 0.4) is 0 Å². The van der Waals surface area contributed by atoms with E-state index in [0.29, 0.717) is 13.1 Å². The van der Waals surface area contributed by atoms with Crippen LogP contribution in [-0.2, 0) is 17.9 Å². The third kappa shape index (κ3) is 4.26. The van der Waals surface area contributed by atoms with Gasteiger partial charge in [-0.2, -0.15) is 0 Å². The smallest absolute Gasteiger partial charge is 0.240 e. The van der Waals surface area contributed by atoms with Gasteiger partial charge in [-0.15, -0.1) is 0 Å². The number of carbonyl (C=O) groups is 1. The van der Waals surface area contributed by atoms with Gasteiger partial charge in [-0.1, -0.05) is 36.4 Å². The van der Waals surface area contributed by atoms with Crippen molar-refractivity contribution in [1.29, 1.82) is 0 Å². The molecular weight excluding hydrogens is 348 g/mol. The van der Waals surface area contributed by atoms with Crippen molar-refractivity contribution in [3.05, 3.63) is 65.5 Å². The Bertz CT molecular complexity index is 801. The average Bonchev–Trinajstić information content (AvgIpc) is 3.13. The lowest BCUT2D eigenvalue weighted by Crippen LogP contribution is -2.43. The van der Waals surface area contributed by atoms with Gasteiger partial charge in [-0.3, -0.25) is 9.78 Å². The van der Waals surface area contributed by atoms with Crippen LogP contribution in [0.2, 0.25) is 0 Å². The van der Waals surface area contributed by atoms with Crippen molar-refractivity contribution >= 4 is 5.91 Å². The third-order valence-electron chi connectivity index (χ3n) is 6.31. The molecule has 2 aromatic rings. The van der Waals surface area contributed by atoms with E-state index in [1.54, 1.807) is 0 Å². The summed E-state index contributed by atoms with van der Waals surface area (Å²) in [5.74, 6) is 0.198. The van der Waals surface area contributed by atoms with Gasteiger partial charge in [-0.05, 0) is 61.9 Å². The summed E-state index contributed by atoms with van der Waals surface area (Å²) in [4.78, 5) is 20.0. The van der Waals surface area contributed by atoms with Crippen LogP contribution < -0.4 is 10.6 Å². The Labute approximate surface area is 167 Å². The molecule has 1 atom stereocenters. The molecule has 2 aliphatic rings. The minimum Gasteiger partial charge on any atom is -0.331 e. The molecule has 4 rings (SSSR count). The number of piperidine rings is 1. The van der Waals surface area contributed by atoms with Gasteiger partial charge in [0.2, 0.25) is 5.91 Å². The first-order chi connectivity index (χ1) is 13.7. The van der Waals surface area contributed by atoms with Crippen LogP contribution in [0, 0.1) is 12.3 Å². The van der Waals surface area contributed by atoms with Gasteiger partial charge in [0.05, 0.1) is 18.3 Å². The predicted octanol–water partition coefficient (Wildman–Crippen LogP) is 2.65.